The molecule has 0 spiro atoms. The number of halogens is 2. The number of hydrogen-bond donors (Lipinski definition) is 1. The van der Waals surface area contributed by atoms with Crippen LogP contribution in [0.5, 0.6) is 0 Å². The van der Waals surface area contributed by atoms with Crippen LogP contribution in [-0.2, 0) is 0 Å². The first-order valence-corrected chi connectivity index (χ1v) is 5.46. The number of nitrogens with one attached hydrogen (secondary N) is 1. The topological polar surface area (TPSA) is 74.8 Å². The molecule has 0 aliphatic rings. The number of H-pyrrole nitrogens is 1. The molecular weight excluding hydrogens is 256 g/mol. The lowest BCUT2D eigenvalue weighted by atomic mass is 10.1. The molecule has 0 aliphatic carbocycles. The van der Waals surface area contributed by atoms with Gasteiger partial charge in [0.05, 0.1) is 6.04 Å². The van der Waals surface area contributed by atoms with Crippen molar-refractivity contribution in [3.05, 3.63) is 41.2 Å². The van der Waals surface area contributed by atoms with Crippen molar-refractivity contribution in [1.82, 2.24) is 25.5 Å². The highest BCUT2D eigenvalue weighted by Crippen LogP contribution is 2.23. The van der Waals surface area contributed by atoms with Gasteiger partial charge in [0.1, 0.15) is 11.6 Å². The van der Waals surface area contributed by atoms with E-state index >= 15 is 0 Å². The van der Waals surface area contributed by atoms with Crippen LogP contribution >= 0.6 is 0 Å². The molecule has 1 atom stereocenters. The number of aromatic nitrogens is 4. The molecule has 0 radical (unpaired) electrons. The van der Waals surface area contributed by atoms with E-state index in [0.29, 0.717) is 0 Å². The van der Waals surface area contributed by atoms with Gasteiger partial charge in [-0.15, -0.1) is 10.2 Å². The fourth-order valence-electron chi connectivity index (χ4n) is 1.63. The second-order valence-corrected chi connectivity index (χ2v) is 3.99. The third kappa shape index (κ3) is 2.56. The van der Waals surface area contributed by atoms with Gasteiger partial charge in [-0.05, 0) is 30.3 Å². The minimum Gasteiger partial charge on any atom is -0.332 e. The molecular formula is C11H11F2N5O. The molecule has 2 aromatic rings. The molecule has 0 saturated heterocycles. The predicted molar refractivity (Wildman–Crippen MR) is 61.0 cm³/mol. The first kappa shape index (κ1) is 13.1. The summed E-state index contributed by atoms with van der Waals surface area (Å²) in [6, 6.07) is 2.43. The van der Waals surface area contributed by atoms with Gasteiger partial charge in [0.15, 0.2) is 0 Å². The highest BCUT2D eigenvalue weighted by molar-refractivity contribution is 5.90. The normalized spacial score (nSPS) is 12.2. The van der Waals surface area contributed by atoms with Gasteiger partial charge in [-0.2, -0.15) is 5.21 Å². The quantitative estimate of drug-likeness (QED) is 0.909. The largest absolute Gasteiger partial charge is 0.332 e. The van der Waals surface area contributed by atoms with Crippen LogP contribution in [0.1, 0.15) is 29.1 Å². The molecule has 0 fully saturated rings. The standard InChI is InChI=1S/C11H11F2N5O/c1-6(8-5-7(12)3-4-9(8)13)18(2)11(19)10-14-16-17-15-10/h3-6H,1-2H3,(H,14,15,16,17). The molecule has 19 heavy (non-hydrogen) atoms. The van der Waals surface area contributed by atoms with Gasteiger partial charge in [0, 0.05) is 12.6 Å². The molecule has 0 bridgehead atoms. The van der Waals surface area contributed by atoms with Gasteiger partial charge in [-0.25, -0.2) is 8.78 Å². The summed E-state index contributed by atoms with van der Waals surface area (Å²) < 4.78 is 26.8. The van der Waals surface area contributed by atoms with Crippen molar-refractivity contribution in [2.75, 3.05) is 7.05 Å². The van der Waals surface area contributed by atoms with E-state index in [0.717, 1.165) is 18.2 Å². The molecule has 6 nitrogen and oxygen atoms in total. The SMILES string of the molecule is CC(c1cc(F)ccc1F)N(C)C(=O)c1nn[nH]n1. The second kappa shape index (κ2) is 5.09. The molecule has 0 aliphatic heterocycles. The molecule has 1 unspecified atom stereocenters. The van der Waals surface area contributed by atoms with Crippen molar-refractivity contribution < 1.29 is 13.6 Å². The maximum atomic E-state index is 13.6. The summed E-state index contributed by atoms with van der Waals surface area (Å²) in [7, 11) is 1.45. The Morgan fingerprint density at radius 2 is 2.16 bits per heavy atom. The van der Waals surface area contributed by atoms with Gasteiger partial charge in [0.2, 0.25) is 0 Å². The minimum atomic E-state index is -0.665. The van der Waals surface area contributed by atoms with Crippen LogP contribution in [0.25, 0.3) is 0 Å². The van der Waals surface area contributed by atoms with Crippen LogP contribution in [0.3, 0.4) is 0 Å². The number of carbonyl (C=O) groups excluding carboxylic acids is 1. The lowest BCUT2D eigenvalue weighted by molar-refractivity contribution is 0.0728. The second-order valence-electron chi connectivity index (χ2n) is 3.99. The van der Waals surface area contributed by atoms with Crippen molar-refractivity contribution >= 4 is 5.91 Å². The monoisotopic (exact) mass is 267 g/mol. The highest BCUT2D eigenvalue weighted by Gasteiger charge is 2.24. The summed E-state index contributed by atoms with van der Waals surface area (Å²) in [5, 5.41) is 12.5. The molecule has 1 amide bonds. The molecule has 1 heterocycles. The number of carbonyl (C=O) groups is 1. The van der Waals surface area contributed by atoms with Crippen LogP contribution in [0.4, 0.5) is 8.78 Å². The Labute approximate surface area is 107 Å². The highest BCUT2D eigenvalue weighted by atomic mass is 19.1. The Hall–Kier alpha value is -2.38. The first-order chi connectivity index (χ1) is 9.00. The minimum absolute atomic E-state index is 0.0827. The van der Waals surface area contributed by atoms with Gasteiger partial charge in [-0.1, -0.05) is 0 Å². The smallest absolute Gasteiger partial charge is 0.295 e. The Morgan fingerprint density at radius 3 is 2.79 bits per heavy atom. The van der Waals surface area contributed by atoms with Crippen LogP contribution in [-0.4, -0.2) is 38.5 Å². The van der Waals surface area contributed by atoms with E-state index in [9.17, 15) is 13.6 Å². The van der Waals surface area contributed by atoms with E-state index in [1.165, 1.54) is 11.9 Å². The van der Waals surface area contributed by atoms with E-state index in [1.54, 1.807) is 6.92 Å². The summed E-state index contributed by atoms with van der Waals surface area (Å²) in [6.07, 6.45) is 0. The van der Waals surface area contributed by atoms with Gasteiger partial charge < -0.3 is 4.90 Å². The molecule has 100 valence electrons. The number of benzene rings is 1. The number of tetrazole rings is 1. The molecule has 1 aromatic carbocycles. The molecule has 1 N–H and O–H groups in total. The van der Waals surface area contributed by atoms with E-state index in [4.69, 9.17) is 0 Å². The van der Waals surface area contributed by atoms with E-state index in [1.807, 2.05) is 0 Å². The number of hydrogen-bond acceptors (Lipinski definition) is 4. The lowest BCUT2D eigenvalue weighted by Gasteiger charge is -2.24. The van der Waals surface area contributed by atoms with Crippen molar-refractivity contribution in [2.45, 2.75) is 13.0 Å². The maximum absolute atomic E-state index is 13.6. The van der Waals surface area contributed by atoms with Gasteiger partial charge in [-0.3, -0.25) is 4.79 Å². The summed E-state index contributed by atoms with van der Waals surface area (Å²) in [5.74, 6) is -1.82. The molecule has 8 heteroatoms. The summed E-state index contributed by atoms with van der Waals surface area (Å²) in [4.78, 5) is 13.2. The average molecular weight is 267 g/mol. The van der Waals surface area contributed by atoms with Crippen LogP contribution in [0.2, 0.25) is 0 Å². The fraction of sp³-hybridized carbons (Fsp3) is 0.273. The zero-order valence-corrected chi connectivity index (χ0v) is 10.3. The molecule has 1 aromatic heterocycles. The fourth-order valence-corrected chi connectivity index (χ4v) is 1.63. The first-order valence-electron chi connectivity index (χ1n) is 5.46. The Kier molecular flexibility index (Phi) is 3.50. The Morgan fingerprint density at radius 1 is 1.42 bits per heavy atom. The average Bonchev–Trinajstić information content (AvgIpc) is 2.93. The number of amides is 1. The number of rotatable bonds is 3. The Balaban J connectivity index is 2.26. The molecule has 0 saturated carbocycles. The zero-order valence-electron chi connectivity index (χ0n) is 10.3. The van der Waals surface area contributed by atoms with Crippen LogP contribution < -0.4 is 0 Å². The number of aromatic amines is 1. The third-order valence-electron chi connectivity index (χ3n) is 2.85. The van der Waals surface area contributed by atoms with E-state index < -0.39 is 23.6 Å². The predicted octanol–water partition coefficient (Wildman–Crippen LogP) is 1.31. The van der Waals surface area contributed by atoms with Crippen molar-refractivity contribution in [2.24, 2.45) is 0 Å². The van der Waals surface area contributed by atoms with Crippen molar-refractivity contribution in [1.29, 1.82) is 0 Å². The number of nitrogens with zero attached hydrogens (tertiary/aromatic N) is 4. The van der Waals surface area contributed by atoms with E-state index in [-0.39, 0.29) is 11.4 Å². The van der Waals surface area contributed by atoms with E-state index in [2.05, 4.69) is 20.6 Å². The summed E-state index contributed by atoms with van der Waals surface area (Å²) >= 11 is 0. The van der Waals surface area contributed by atoms with Gasteiger partial charge in [0.25, 0.3) is 11.7 Å². The maximum Gasteiger partial charge on any atom is 0.295 e. The van der Waals surface area contributed by atoms with Gasteiger partial charge >= 0.3 is 0 Å². The summed E-state index contributed by atoms with van der Waals surface area (Å²) in [5.41, 5.74) is 0.0827. The van der Waals surface area contributed by atoms with Crippen molar-refractivity contribution in [3.63, 3.8) is 0 Å². The molecule has 2 rings (SSSR count). The van der Waals surface area contributed by atoms with Crippen LogP contribution in [0, 0.1) is 11.6 Å². The Bertz CT molecular complexity index is 587. The lowest BCUT2D eigenvalue weighted by Crippen LogP contribution is -2.31. The zero-order chi connectivity index (χ0) is 14.0. The van der Waals surface area contributed by atoms with Crippen molar-refractivity contribution in [3.8, 4) is 0 Å². The summed E-state index contributed by atoms with van der Waals surface area (Å²) in [6.45, 7) is 1.58. The third-order valence-corrected chi connectivity index (χ3v) is 2.85. The van der Waals surface area contributed by atoms with Crippen LogP contribution in [0.15, 0.2) is 18.2 Å².